The Morgan fingerprint density at radius 3 is 2.52 bits per heavy atom. The van der Waals surface area contributed by atoms with Gasteiger partial charge in [-0.25, -0.2) is 9.97 Å². The average Bonchev–Trinajstić information content (AvgIpc) is 2.74. The Labute approximate surface area is 151 Å². The number of allylic oxidation sites excluding steroid dienone is 2. The predicted octanol–water partition coefficient (Wildman–Crippen LogP) is 2.61. The number of hydrogen-bond acceptors (Lipinski definition) is 7. The van der Waals surface area contributed by atoms with Gasteiger partial charge in [0.05, 0.1) is 5.75 Å². The van der Waals surface area contributed by atoms with Gasteiger partial charge in [-0.2, -0.15) is 0 Å². The molecule has 1 aromatic heterocycles. The standard InChI is InChI=1S/C18H21N5OS/c1-18(2)12-6-4-5-7-13(12)23(3)14(18)8-11(24)10-25-17-21-15(19)9-16(20)22-17/h4-9H,10H2,1-3H3,(H4,19,20,21,22)/b14-8-. The zero-order valence-corrected chi connectivity index (χ0v) is 15.3. The Morgan fingerprint density at radius 2 is 1.88 bits per heavy atom. The lowest BCUT2D eigenvalue weighted by molar-refractivity contribution is -0.112. The molecule has 6 nitrogen and oxygen atoms in total. The Kier molecular flexibility index (Phi) is 4.43. The van der Waals surface area contributed by atoms with Crippen molar-refractivity contribution in [3.8, 4) is 0 Å². The van der Waals surface area contributed by atoms with E-state index >= 15 is 0 Å². The van der Waals surface area contributed by atoms with Crippen molar-refractivity contribution in [2.75, 3.05) is 29.2 Å². The maximum absolute atomic E-state index is 12.5. The lowest BCUT2D eigenvalue weighted by Crippen LogP contribution is -2.24. The highest BCUT2D eigenvalue weighted by Gasteiger charge is 2.38. The van der Waals surface area contributed by atoms with Crippen LogP contribution in [0.3, 0.4) is 0 Å². The number of thioether (sulfide) groups is 1. The topological polar surface area (TPSA) is 98.1 Å². The summed E-state index contributed by atoms with van der Waals surface area (Å²) in [6.07, 6.45) is 1.71. The van der Waals surface area contributed by atoms with Crippen molar-refractivity contribution in [3.05, 3.63) is 47.7 Å². The number of rotatable bonds is 4. The third kappa shape index (κ3) is 3.32. The highest BCUT2D eigenvalue weighted by Crippen LogP contribution is 2.46. The predicted molar refractivity (Wildman–Crippen MR) is 103 cm³/mol. The van der Waals surface area contributed by atoms with E-state index in [9.17, 15) is 4.79 Å². The van der Waals surface area contributed by atoms with Crippen molar-refractivity contribution in [1.29, 1.82) is 0 Å². The van der Waals surface area contributed by atoms with Crippen molar-refractivity contribution >= 4 is 34.9 Å². The minimum Gasteiger partial charge on any atom is -0.383 e. The highest BCUT2D eigenvalue weighted by molar-refractivity contribution is 7.99. The first-order valence-corrected chi connectivity index (χ1v) is 8.88. The summed E-state index contributed by atoms with van der Waals surface area (Å²) >= 11 is 1.23. The molecule has 0 saturated carbocycles. The average molecular weight is 355 g/mol. The smallest absolute Gasteiger partial charge is 0.191 e. The zero-order chi connectivity index (χ0) is 18.2. The second kappa shape index (κ2) is 6.40. The van der Waals surface area contributed by atoms with Crippen molar-refractivity contribution in [3.63, 3.8) is 0 Å². The zero-order valence-electron chi connectivity index (χ0n) is 14.5. The summed E-state index contributed by atoms with van der Waals surface area (Å²) in [6, 6.07) is 9.70. The summed E-state index contributed by atoms with van der Waals surface area (Å²) in [6.45, 7) is 4.26. The van der Waals surface area contributed by atoms with Crippen molar-refractivity contribution in [2.24, 2.45) is 0 Å². The first kappa shape index (κ1) is 17.3. The minimum absolute atomic E-state index is 0.00247. The summed E-state index contributed by atoms with van der Waals surface area (Å²) in [5.74, 6) is 0.824. The number of nitrogen functional groups attached to an aromatic ring is 2. The number of hydrogen-bond donors (Lipinski definition) is 2. The summed E-state index contributed by atoms with van der Waals surface area (Å²) in [7, 11) is 1.99. The molecule has 2 aromatic rings. The van der Waals surface area contributed by atoms with Gasteiger partial charge in [-0.15, -0.1) is 0 Å². The van der Waals surface area contributed by atoms with Crippen LogP contribution < -0.4 is 16.4 Å². The van der Waals surface area contributed by atoms with Crippen LogP contribution in [0.15, 0.2) is 47.3 Å². The number of carbonyl (C=O) groups is 1. The van der Waals surface area contributed by atoms with Gasteiger partial charge in [0.15, 0.2) is 10.9 Å². The van der Waals surface area contributed by atoms with Gasteiger partial charge >= 0.3 is 0 Å². The number of para-hydroxylation sites is 1. The van der Waals surface area contributed by atoms with Gasteiger partial charge < -0.3 is 16.4 Å². The molecule has 130 valence electrons. The minimum atomic E-state index is -0.218. The van der Waals surface area contributed by atoms with Crippen molar-refractivity contribution in [1.82, 2.24) is 9.97 Å². The molecule has 7 heteroatoms. The molecule has 0 atom stereocenters. The van der Waals surface area contributed by atoms with Gasteiger partial charge in [-0.3, -0.25) is 4.79 Å². The van der Waals surface area contributed by atoms with Crippen molar-refractivity contribution < 1.29 is 4.79 Å². The number of likely N-dealkylation sites (N-methyl/N-ethyl adjacent to an activating group) is 1. The second-order valence-corrected chi connectivity index (χ2v) is 7.43. The van der Waals surface area contributed by atoms with Crippen LogP contribution in [0.25, 0.3) is 0 Å². The maximum Gasteiger partial charge on any atom is 0.191 e. The number of nitrogens with two attached hydrogens (primary N) is 2. The fourth-order valence-electron chi connectivity index (χ4n) is 3.12. The Balaban J connectivity index is 1.78. The number of fused-ring (bicyclic) bond motifs is 1. The second-order valence-electron chi connectivity index (χ2n) is 6.49. The molecule has 25 heavy (non-hydrogen) atoms. The van der Waals surface area contributed by atoms with Crippen LogP contribution in [0.5, 0.6) is 0 Å². The fourth-order valence-corrected chi connectivity index (χ4v) is 3.81. The van der Waals surface area contributed by atoms with E-state index in [0.717, 1.165) is 11.4 Å². The molecule has 2 heterocycles. The van der Waals surface area contributed by atoms with E-state index in [1.165, 1.54) is 23.4 Å². The van der Waals surface area contributed by atoms with Gasteiger partial charge in [0, 0.05) is 36.0 Å². The maximum atomic E-state index is 12.5. The molecule has 1 aliphatic rings. The van der Waals surface area contributed by atoms with Crippen LogP contribution in [-0.2, 0) is 10.2 Å². The van der Waals surface area contributed by atoms with E-state index in [1.54, 1.807) is 6.08 Å². The highest BCUT2D eigenvalue weighted by atomic mass is 32.2. The van der Waals surface area contributed by atoms with Gasteiger partial charge in [0.2, 0.25) is 0 Å². The van der Waals surface area contributed by atoms with Crippen LogP contribution in [0.4, 0.5) is 17.3 Å². The Hall–Kier alpha value is -2.54. The molecule has 4 N–H and O–H groups in total. The summed E-state index contributed by atoms with van der Waals surface area (Å²) in [5, 5.41) is 0.409. The molecule has 0 aliphatic carbocycles. The van der Waals surface area contributed by atoms with Crippen LogP contribution in [-0.4, -0.2) is 28.6 Å². The van der Waals surface area contributed by atoms with Crippen LogP contribution in [0, 0.1) is 0 Å². The third-order valence-electron chi connectivity index (χ3n) is 4.33. The number of benzene rings is 1. The van der Waals surface area contributed by atoms with Crippen LogP contribution in [0.2, 0.25) is 0 Å². The van der Waals surface area contributed by atoms with Crippen LogP contribution in [0.1, 0.15) is 19.4 Å². The molecule has 0 bridgehead atoms. The van der Waals surface area contributed by atoms with Gasteiger partial charge in [0.25, 0.3) is 0 Å². The van der Waals surface area contributed by atoms with Crippen LogP contribution >= 0.6 is 11.8 Å². The monoisotopic (exact) mass is 355 g/mol. The Bertz CT molecular complexity index is 842. The number of carbonyl (C=O) groups excluding carboxylic acids is 1. The third-order valence-corrected chi connectivity index (χ3v) is 5.20. The number of ketones is 1. The van der Waals surface area contributed by atoms with Gasteiger partial charge in [-0.1, -0.05) is 43.8 Å². The number of aromatic nitrogens is 2. The van der Waals surface area contributed by atoms with E-state index in [4.69, 9.17) is 11.5 Å². The van der Waals surface area contributed by atoms with Crippen molar-refractivity contribution in [2.45, 2.75) is 24.4 Å². The molecule has 0 radical (unpaired) electrons. The van der Waals surface area contributed by atoms with E-state index in [-0.39, 0.29) is 17.0 Å². The SMILES string of the molecule is CN1/C(=C\C(=O)CSc2nc(N)cc(N)n2)C(C)(C)c2ccccc21. The summed E-state index contributed by atoms with van der Waals surface area (Å²) in [4.78, 5) is 22.7. The van der Waals surface area contributed by atoms with Gasteiger partial charge in [0.1, 0.15) is 11.6 Å². The van der Waals surface area contributed by atoms with E-state index in [2.05, 4.69) is 40.8 Å². The largest absolute Gasteiger partial charge is 0.383 e. The molecule has 1 aromatic carbocycles. The summed E-state index contributed by atoms with van der Waals surface area (Å²) < 4.78 is 0. The van der Waals surface area contributed by atoms with E-state index < -0.39 is 0 Å². The first-order valence-electron chi connectivity index (χ1n) is 7.90. The number of nitrogens with zero attached hydrogens (tertiary/aromatic N) is 3. The molecule has 0 spiro atoms. The molecule has 0 fully saturated rings. The molecular weight excluding hydrogens is 334 g/mol. The lowest BCUT2D eigenvalue weighted by atomic mass is 9.83. The van der Waals surface area contributed by atoms with E-state index in [1.807, 2.05) is 19.2 Å². The molecule has 3 rings (SSSR count). The van der Waals surface area contributed by atoms with Gasteiger partial charge in [-0.05, 0) is 11.6 Å². The lowest BCUT2D eigenvalue weighted by Gasteiger charge is -2.23. The molecule has 1 aliphatic heterocycles. The normalized spacial score (nSPS) is 16.9. The summed E-state index contributed by atoms with van der Waals surface area (Å²) in [5.41, 5.74) is 14.4. The molecular formula is C18H21N5OS. The fraction of sp³-hybridized carbons (Fsp3) is 0.278. The molecule has 0 saturated heterocycles. The number of anilines is 3. The Morgan fingerprint density at radius 1 is 1.24 bits per heavy atom. The quantitative estimate of drug-likeness (QED) is 0.494. The molecule has 0 unspecified atom stereocenters. The van der Waals surface area contributed by atoms with E-state index in [0.29, 0.717) is 16.8 Å². The molecule has 0 amide bonds. The first-order chi connectivity index (χ1) is 11.8.